The Labute approximate surface area is 137 Å². The Kier molecular flexibility index (Phi) is 5.54. The van der Waals surface area contributed by atoms with Crippen molar-refractivity contribution in [3.63, 3.8) is 0 Å². The maximum atomic E-state index is 12.8. The van der Waals surface area contributed by atoms with Gasteiger partial charge in [0, 0.05) is 16.4 Å². The Morgan fingerprint density at radius 1 is 1.04 bits per heavy atom. The number of aryl methyl sites for hydroxylation is 1. The maximum absolute atomic E-state index is 12.8. The highest BCUT2D eigenvalue weighted by molar-refractivity contribution is 6.31. The van der Waals surface area contributed by atoms with Gasteiger partial charge in [0.2, 0.25) is 5.91 Å². The third kappa shape index (κ3) is 5.27. The van der Waals surface area contributed by atoms with Crippen LogP contribution in [0, 0.1) is 12.7 Å². The van der Waals surface area contributed by atoms with Crippen molar-refractivity contribution >= 4 is 34.9 Å². The highest BCUT2D eigenvalue weighted by Crippen LogP contribution is 2.19. The third-order valence-corrected chi connectivity index (χ3v) is 3.37. The van der Waals surface area contributed by atoms with Crippen LogP contribution in [0.25, 0.3) is 0 Å². The number of carbonyl (C=O) groups is 2. The number of benzene rings is 2. The monoisotopic (exact) mass is 335 g/mol. The fraction of sp³-hybridized carbons (Fsp3) is 0.125. The van der Waals surface area contributed by atoms with E-state index in [4.69, 9.17) is 11.6 Å². The Hall–Kier alpha value is -2.60. The molecule has 120 valence electrons. The number of hydrogen-bond acceptors (Lipinski definition) is 2. The van der Waals surface area contributed by atoms with Crippen molar-refractivity contribution in [2.24, 2.45) is 0 Å². The largest absolute Gasteiger partial charge is 0.329 e. The molecule has 2 aromatic rings. The summed E-state index contributed by atoms with van der Waals surface area (Å²) in [6.07, 6.45) is 0. The van der Waals surface area contributed by atoms with Gasteiger partial charge in [-0.05, 0) is 48.9 Å². The molecule has 0 saturated heterocycles. The van der Waals surface area contributed by atoms with Gasteiger partial charge in [-0.1, -0.05) is 17.7 Å². The van der Waals surface area contributed by atoms with Gasteiger partial charge in [-0.25, -0.2) is 9.18 Å². The van der Waals surface area contributed by atoms with E-state index in [-0.39, 0.29) is 6.54 Å². The molecule has 7 heteroatoms. The van der Waals surface area contributed by atoms with Crippen molar-refractivity contribution in [1.82, 2.24) is 5.32 Å². The fourth-order valence-corrected chi connectivity index (χ4v) is 1.93. The zero-order valence-electron chi connectivity index (χ0n) is 12.3. The van der Waals surface area contributed by atoms with Gasteiger partial charge >= 0.3 is 6.03 Å². The normalized spacial score (nSPS) is 10.0. The molecule has 3 amide bonds. The summed E-state index contributed by atoms with van der Waals surface area (Å²) in [4.78, 5) is 23.4. The second-order valence-electron chi connectivity index (χ2n) is 4.83. The Balaban J connectivity index is 1.80. The number of nitrogens with one attached hydrogen (secondary N) is 3. The molecule has 0 aromatic heterocycles. The number of rotatable bonds is 4. The van der Waals surface area contributed by atoms with Crippen LogP contribution in [0.5, 0.6) is 0 Å². The summed E-state index contributed by atoms with van der Waals surface area (Å²) in [6, 6.07) is 9.91. The van der Waals surface area contributed by atoms with Crippen LogP contribution < -0.4 is 16.0 Å². The van der Waals surface area contributed by atoms with Gasteiger partial charge in [0.05, 0.1) is 6.54 Å². The minimum atomic E-state index is -0.529. The lowest BCUT2D eigenvalue weighted by molar-refractivity contribution is -0.115. The van der Waals surface area contributed by atoms with Crippen molar-refractivity contribution in [3.8, 4) is 0 Å². The number of hydrogen-bond donors (Lipinski definition) is 3. The highest BCUT2D eigenvalue weighted by Gasteiger charge is 2.07. The molecule has 23 heavy (non-hydrogen) atoms. The Morgan fingerprint density at radius 2 is 1.70 bits per heavy atom. The standard InChI is InChI=1S/C16H15ClFN3O2/c1-10-2-5-13(8-14(10)17)21-16(23)19-9-15(22)20-12-6-3-11(18)4-7-12/h2-8H,9H2,1H3,(H,20,22)(H2,19,21,23). The van der Waals surface area contributed by atoms with E-state index in [0.29, 0.717) is 16.4 Å². The molecule has 2 rings (SSSR count). The van der Waals surface area contributed by atoms with E-state index in [2.05, 4.69) is 16.0 Å². The maximum Gasteiger partial charge on any atom is 0.319 e. The molecule has 0 atom stereocenters. The van der Waals surface area contributed by atoms with Crippen LogP contribution in [0.1, 0.15) is 5.56 Å². The fourth-order valence-electron chi connectivity index (χ4n) is 1.74. The first-order chi connectivity index (χ1) is 10.9. The van der Waals surface area contributed by atoms with E-state index in [9.17, 15) is 14.0 Å². The molecule has 0 aliphatic carbocycles. The summed E-state index contributed by atoms with van der Waals surface area (Å²) in [5.41, 5.74) is 1.87. The quantitative estimate of drug-likeness (QED) is 0.799. The number of amides is 3. The molecule has 5 nitrogen and oxygen atoms in total. The third-order valence-electron chi connectivity index (χ3n) is 2.97. The Bertz CT molecular complexity index is 720. The van der Waals surface area contributed by atoms with Crippen LogP contribution in [0.4, 0.5) is 20.6 Å². The van der Waals surface area contributed by atoms with Crippen LogP contribution in [-0.4, -0.2) is 18.5 Å². The predicted molar refractivity (Wildman–Crippen MR) is 88.2 cm³/mol. The molecule has 0 fully saturated rings. The van der Waals surface area contributed by atoms with Crippen molar-refractivity contribution in [3.05, 3.63) is 58.9 Å². The van der Waals surface area contributed by atoms with Gasteiger partial charge in [-0.15, -0.1) is 0 Å². The van der Waals surface area contributed by atoms with Crippen LogP contribution >= 0.6 is 11.6 Å². The lowest BCUT2D eigenvalue weighted by Gasteiger charge is -2.09. The van der Waals surface area contributed by atoms with Gasteiger partial charge in [0.15, 0.2) is 0 Å². The summed E-state index contributed by atoms with van der Waals surface area (Å²) < 4.78 is 12.8. The van der Waals surface area contributed by atoms with E-state index in [0.717, 1.165) is 5.56 Å². The van der Waals surface area contributed by atoms with E-state index < -0.39 is 17.8 Å². The number of carbonyl (C=O) groups excluding carboxylic acids is 2. The molecule has 0 radical (unpaired) electrons. The molecule has 0 saturated carbocycles. The molecule has 2 aromatic carbocycles. The van der Waals surface area contributed by atoms with Crippen LogP contribution in [0.3, 0.4) is 0 Å². The summed E-state index contributed by atoms with van der Waals surface area (Å²) in [6.45, 7) is 1.63. The molecular formula is C16H15ClFN3O2. The van der Waals surface area contributed by atoms with Crippen molar-refractivity contribution in [2.75, 3.05) is 17.2 Å². The molecule has 0 aliphatic rings. The lowest BCUT2D eigenvalue weighted by Crippen LogP contribution is -2.35. The van der Waals surface area contributed by atoms with E-state index >= 15 is 0 Å². The second kappa shape index (κ2) is 7.60. The van der Waals surface area contributed by atoms with Crippen LogP contribution in [-0.2, 0) is 4.79 Å². The summed E-state index contributed by atoms with van der Waals surface area (Å²) in [5.74, 6) is -0.814. The minimum Gasteiger partial charge on any atom is -0.329 e. The molecule has 0 heterocycles. The summed E-state index contributed by atoms with van der Waals surface area (Å²) in [7, 11) is 0. The summed E-state index contributed by atoms with van der Waals surface area (Å²) >= 11 is 5.96. The van der Waals surface area contributed by atoms with Crippen molar-refractivity contribution in [1.29, 1.82) is 0 Å². The Morgan fingerprint density at radius 3 is 2.35 bits per heavy atom. The molecule has 0 aliphatic heterocycles. The lowest BCUT2D eigenvalue weighted by atomic mass is 10.2. The highest BCUT2D eigenvalue weighted by atomic mass is 35.5. The SMILES string of the molecule is Cc1ccc(NC(=O)NCC(=O)Nc2ccc(F)cc2)cc1Cl. The second-order valence-corrected chi connectivity index (χ2v) is 5.23. The number of urea groups is 1. The van der Waals surface area contributed by atoms with Gasteiger partial charge in [0.1, 0.15) is 5.82 Å². The smallest absolute Gasteiger partial charge is 0.319 e. The zero-order valence-corrected chi connectivity index (χ0v) is 13.1. The van der Waals surface area contributed by atoms with E-state index in [1.165, 1.54) is 24.3 Å². The van der Waals surface area contributed by atoms with Gasteiger partial charge < -0.3 is 16.0 Å². The van der Waals surface area contributed by atoms with Crippen LogP contribution in [0.15, 0.2) is 42.5 Å². The molecule has 0 unspecified atom stereocenters. The predicted octanol–water partition coefficient (Wildman–Crippen LogP) is 3.55. The molecular weight excluding hydrogens is 321 g/mol. The topological polar surface area (TPSA) is 70.2 Å². The minimum absolute atomic E-state index is 0.219. The first-order valence-corrected chi connectivity index (χ1v) is 7.18. The number of anilines is 2. The molecule has 3 N–H and O–H groups in total. The molecule has 0 bridgehead atoms. The van der Waals surface area contributed by atoms with Crippen LogP contribution in [0.2, 0.25) is 5.02 Å². The van der Waals surface area contributed by atoms with Crippen molar-refractivity contribution < 1.29 is 14.0 Å². The van der Waals surface area contributed by atoms with Crippen molar-refractivity contribution in [2.45, 2.75) is 6.92 Å². The first-order valence-electron chi connectivity index (χ1n) is 6.80. The zero-order chi connectivity index (χ0) is 16.8. The van der Waals surface area contributed by atoms with Gasteiger partial charge in [0.25, 0.3) is 0 Å². The number of halogens is 2. The van der Waals surface area contributed by atoms with Gasteiger partial charge in [-0.3, -0.25) is 4.79 Å². The van der Waals surface area contributed by atoms with E-state index in [1.807, 2.05) is 6.92 Å². The van der Waals surface area contributed by atoms with E-state index in [1.54, 1.807) is 18.2 Å². The first kappa shape index (κ1) is 16.8. The average molecular weight is 336 g/mol. The summed E-state index contributed by atoms with van der Waals surface area (Å²) in [5, 5.41) is 8.06. The van der Waals surface area contributed by atoms with Gasteiger partial charge in [-0.2, -0.15) is 0 Å². The average Bonchev–Trinajstić information content (AvgIpc) is 2.51. The molecule has 0 spiro atoms.